The van der Waals surface area contributed by atoms with Crippen molar-refractivity contribution in [3.63, 3.8) is 0 Å². The van der Waals surface area contributed by atoms with Crippen molar-refractivity contribution in [3.05, 3.63) is 48.9 Å². The number of hydrogen-bond donors (Lipinski definition) is 3. The standard InChI is InChI=1S/C24H28N6O/c1-23(2)11-18(12-24(3,4)29-23)30-8-7-16-9-20(27-28-22(16)30)19-6-5-15(10-21(19)31)17-13-25-26-14-17/h5-10,13-14,18,29,31H,11-12H2,1-4H3,(H,25,26). The van der Waals surface area contributed by atoms with Crippen LogP contribution in [0.2, 0.25) is 0 Å². The number of piperidine rings is 1. The van der Waals surface area contributed by atoms with Crippen LogP contribution in [-0.4, -0.2) is 41.1 Å². The van der Waals surface area contributed by atoms with Crippen LogP contribution in [0, 0.1) is 0 Å². The monoisotopic (exact) mass is 416 g/mol. The molecule has 1 aromatic carbocycles. The van der Waals surface area contributed by atoms with E-state index in [0.29, 0.717) is 17.3 Å². The van der Waals surface area contributed by atoms with Gasteiger partial charge in [0.2, 0.25) is 0 Å². The SMILES string of the molecule is CC1(C)CC(n2ccc3cc(-c4ccc(-c5cn[nH]c5)cc4O)nnc32)CC(C)(C)N1. The van der Waals surface area contributed by atoms with E-state index in [0.717, 1.165) is 35.0 Å². The van der Waals surface area contributed by atoms with Gasteiger partial charge in [0.05, 0.1) is 11.9 Å². The topological polar surface area (TPSA) is 91.7 Å². The number of benzene rings is 1. The predicted octanol–water partition coefficient (Wildman–Crippen LogP) is 4.68. The molecule has 1 aliphatic heterocycles. The maximum absolute atomic E-state index is 10.6. The van der Waals surface area contributed by atoms with Crippen molar-refractivity contribution in [1.82, 2.24) is 30.3 Å². The second-order valence-corrected chi connectivity index (χ2v) is 9.91. The number of aromatic amines is 1. The van der Waals surface area contributed by atoms with Crippen LogP contribution in [0.1, 0.15) is 46.6 Å². The summed E-state index contributed by atoms with van der Waals surface area (Å²) in [6.07, 6.45) is 7.70. The summed E-state index contributed by atoms with van der Waals surface area (Å²) in [5.41, 5.74) is 4.14. The summed E-state index contributed by atoms with van der Waals surface area (Å²) in [5, 5.41) is 31.2. The Kier molecular flexibility index (Phi) is 4.41. The van der Waals surface area contributed by atoms with Gasteiger partial charge in [-0.1, -0.05) is 6.07 Å². The first-order chi connectivity index (χ1) is 14.7. The number of H-pyrrole nitrogens is 1. The van der Waals surface area contributed by atoms with Crippen LogP contribution in [0.3, 0.4) is 0 Å². The van der Waals surface area contributed by atoms with E-state index in [1.54, 1.807) is 18.5 Å². The highest BCUT2D eigenvalue weighted by atomic mass is 16.3. The average Bonchev–Trinajstić information content (AvgIpc) is 3.35. The van der Waals surface area contributed by atoms with Gasteiger partial charge in [-0.15, -0.1) is 10.2 Å². The quantitative estimate of drug-likeness (QED) is 0.451. The van der Waals surface area contributed by atoms with Crippen LogP contribution in [0.25, 0.3) is 33.4 Å². The van der Waals surface area contributed by atoms with Crippen molar-refractivity contribution < 1.29 is 5.11 Å². The summed E-state index contributed by atoms with van der Waals surface area (Å²) in [7, 11) is 0. The van der Waals surface area contributed by atoms with Crippen LogP contribution in [0.15, 0.2) is 48.9 Å². The van der Waals surface area contributed by atoms with E-state index in [2.05, 4.69) is 70.2 Å². The van der Waals surface area contributed by atoms with Gasteiger partial charge in [-0.3, -0.25) is 5.10 Å². The number of nitrogens with zero attached hydrogens (tertiary/aromatic N) is 4. The molecule has 3 aromatic heterocycles. The van der Waals surface area contributed by atoms with Gasteiger partial charge in [0, 0.05) is 46.0 Å². The molecule has 7 nitrogen and oxygen atoms in total. The van der Waals surface area contributed by atoms with Gasteiger partial charge in [0.25, 0.3) is 0 Å². The second kappa shape index (κ2) is 6.92. The van der Waals surface area contributed by atoms with Crippen molar-refractivity contribution in [1.29, 1.82) is 0 Å². The molecule has 5 rings (SSSR count). The fraction of sp³-hybridized carbons (Fsp3) is 0.375. The van der Waals surface area contributed by atoms with Gasteiger partial charge >= 0.3 is 0 Å². The van der Waals surface area contributed by atoms with Crippen molar-refractivity contribution in [2.75, 3.05) is 0 Å². The lowest BCUT2D eigenvalue weighted by Crippen LogP contribution is -2.57. The molecule has 160 valence electrons. The molecule has 0 amide bonds. The Morgan fingerprint density at radius 2 is 1.77 bits per heavy atom. The second-order valence-electron chi connectivity index (χ2n) is 9.91. The molecule has 31 heavy (non-hydrogen) atoms. The van der Waals surface area contributed by atoms with E-state index in [4.69, 9.17) is 0 Å². The number of phenolic OH excluding ortho intramolecular Hbond substituents is 1. The maximum atomic E-state index is 10.6. The van der Waals surface area contributed by atoms with Gasteiger partial charge in [-0.2, -0.15) is 5.10 Å². The molecule has 0 radical (unpaired) electrons. The fourth-order valence-corrected chi connectivity index (χ4v) is 5.18. The number of nitrogens with one attached hydrogen (secondary N) is 2. The smallest absolute Gasteiger partial charge is 0.162 e. The van der Waals surface area contributed by atoms with E-state index in [1.807, 2.05) is 18.2 Å². The van der Waals surface area contributed by atoms with Gasteiger partial charge < -0.3 is 15.0 Å². The van der Waals surface area contributed by atoms with Crippen LogP contribution >= 0.6 is 0 Å². The summed E-state index contributed by atoms with van der Waals surface area (Å²) in [6.45, 7) is 9.03. The summed E-state index contributed by atoms with van der Waals surface area (Å²) in [6, 6.07) is 10.0. The Bertz CT molecular complexity index is 1220. The molecule has 4 aromatic rings. The summed E-state index contributed by atoms with van der Waals surface area (Å²) in [4.78, 5) is 0. The van der Waals surface area contributed by atoms with Gasteiger partial charge in [-0.05, 0) is 70.4 Å². The molecule has 7 heteroatoms. The molecule has 1 aliphatic rings. The summed E-state index contributed by atoms with van der Waals surface area (Å²) < 4.78 is 2.26. The minimum atomic E-state index is 0.0545. The van der Waals surface area contributed by atoms with Crippen LogP contribution < -0.4 is 5.32 Å². The van der Waals surface area contributed by atoms with E-state index >= 15 is 0 Å². The summed E-state index contributed by atoms with van der Waals surface area (Å²) in [5.74, 6) is 0.175. The lowest BCUT2D eigenvalue weighted by molar-refractivity contribution is 0.134. The Morgan fingerprint density at radius 3 is 2.45 bits per heavy atom. The lowest BCUT2D eigenvalue weighted by Gasteiger charge is -2.47. The molecule has 0 unspecified atom stereocenters. The van der Waals surface area contributed by atoms with Crippen molar-refractivity contribution >= 4 is 11.0 Å². The van der Waals surface area contributed by atoms with E-state index in [-0.39, 0.29) is 16.8 Å². The van der Waals surface area contributed by atoms with Crippen LogP contribution in [0.5, 0.6) is 5.75 Å². The minimum absolute atomic E-state index is 0.0545. The highest BCUT2D eigenvalue weighted by Crippen LogP contribution is 2.38. The van der Waals surface area contributed by atoms with Crippen molar-refractivity contribution in [2.45, 2.75) is 57.7 Å². The first kappa shape index (κ1) is 19.8. The normalized spacial score (nSPS) is 18.5. The number of fused-ring (bicyclic) bond motifs is 1. The predicted molar refractivity (Wildman–Crippen MR) is 122 cm³/mol. The van der Waals surface area contributed by atoms with Gasteiger partial charge in [0.15, 0.2) is 5.65 Å². The van der Waals surface area contributed by atoms with E-state index in [1.165, 1.54) is 0 Å². The minimum Gasteiger partial charge on any atom is -0.507 e. The largest absolute Gasteiger partial charge is 0.507 e. The number of aromatic nitrogens is 5. The molecule has 0 bridgehead atoms. The molecular weight excluding hydrogens is 388 g/mol. The molecule has 3 N–H and O–H groups in total. The maximum Gasteiger partial charge on any atom is 0.162 e. The number of rotatable bonds is 3. The zero-order chi connectivity index (χ0) is 21.8. The zero-order valence-corrected chi connectivity index (χ0v) is 18.3. The molecule has 1 saturated heterocycles. The van der Waals surface area contributed by atoms with Gasteiger partial charge in [0.1, 0.15) is 5.75 Å². The number of hydrogen-bond acceptors (Lipinski definition) is 5. The fourth-order valence-electron chi connectivity index (χ4n) is 5.18. The molecule has 0 atom stereocenters. The van der Waals surface area contributed by atoms with E-state index < -0.39 is 0 Å². The Balaban J connectivity index is 1.49. The third-order valence-electron chi connectivity index (χ3n) is 6.13. The van der Waals surface area contributed by atoms with Crippen molar-refractivity contribution in [3.8, 4) is 28.1 Å². The molecule has 0 spiro atoms. The van der Waals surface area contributed by atoms with Crippen molar-refractivity contribution in [2.24, 2.45) is 0 Å². The molecule has 1 fully saturated rings. The summed E-state index contributed by atoms with van der Waals surface area (Å²) >= 11 is 0. The Morgan fingerprint density at radius 1 is 1.00 bits per heavy atom. The highest BCUT2D eigenvalue weighted by molar-refractivity contribution is 5.82. The third-order valence-corrected chi connectivity index (χ3v) is 6.13. The zero-order valence-electron chi connectivity index (χ0n) is 18.3. The Labute approximate surface area is 181 Å². The highest BCUT2D eigenvalue weighted by Gasteiger charge is 2.38. The van der Waals surface area contributed by atoms with Gasteiger partial charge in [-0.25, -0.2) is 0 Å². The third kappa shape index (κ3) is 3.70. The number of aromatic hydroxyl groups is 1. The lowest BCUT2D eigenvalue weighted by atomic mass is 9.79. The van der Waals surface area contributed by atoms with Crippen LogP contribution in [0.4, 0.5) is 0 Å². The van der Waals surface area contributed by atoms with Crippen LogP contribution in [-0.2, 0) is 0 Å². The molecule has 0 aliphatic carbocycles. The first-order valence-electron chi connectivity index (χ1n) is 10.7. The molecular formula is C24H28N6O. The average molecular weight is 417 g/mol. The molecule has 4 heterocycles. The van der Waals surface area contributed by atoms with E-state index in [9.17, 15) is 5.11 Å². The number of phenols is 1. The Hall–Kier alpha value is -3.19. The molecule has 0 saturated carbocycles. The first-order valence-corrected chi connectivity index (χ1v) is 10.7.